The highest BCUT2D eigenvalue weighted by Gasteiger charge is 2.11. The molecule has 0 spiro atoms. The normalized spacial score (nSPS) is 11.3. The third kappa shape index (κ3) is 2.69. The molecule has 3 aromatic heterocycles. The van der Waals surface area contributed by atoms with Gasteiger partial charge in [0.1, 0.15) is 0 Å². The first kappa shape index (κ1) is 15.9. The number of fused-ring (bicyclic) bond motifs is 2. The summed E-state index contributed by atoms with van der Waals surface area (Å²) in [6.07, 6.45) is 3.08. The summed E-state index contributed by atoms with van der Waals surface area (Å²) in [5, 5.41) is 14.3. The summed E-state index contributed by atoms with van der Waals surface area (Å²) >= 11 is 0. The summed E-state index contributed by atoms with van der Waals surface area (Å²) in [6.45, 7) is 3.82. The number of pyridine rings is 1. The van der Waals surface area contributed by atoms with Crippen molar-refractivity contribution in [2.75, 3.05) is 5.32 Å². The molecule has 130 valence electrons. The van der Waals surface area contributed by atoms with Gasteiger partial charge in [0.2, 0.25) is 0 Å². The number of hydrogen-bond acceptors (Lipinski definition) is 6. The summed E-state index contributed by atoms with van der Waals surface area (Å²) < 4.78 is 2.97. The second kappa shape index (κ2) is 6.03. The van der Waals surface area contributed by atoms with Gasteiger partial charge in [0.05, 0.1) is 22.8 Å². The van der Waals surface area contributed by atoms with Crippen LogP contribution >= 0.6 is 0 Å². The summed E-state index contributed by atoms with van der Waals surface area (Å²) in [6, 6.07) is 8.34. The smallest absolute Gasteiger partial charge is 0.261 e. The predicted molar refractivity (Wildman–Crippen MR) is 95.1 cm³/mol. The van der Waals surface area contributed by atoms with E-state index in [2.05, 4.69) is 25.8 Å². The number of anilines is 1. The van der Waals surface area contributed by atoms with Crippen LogP contribution in [0, 0.1) is 0 Å². The van der Waals surface area contributed by atoms with Gasteiger partial charge in [0, 0.05) is 17.9 Å². The van der Waals surface area contributed by atoms with E-state index in [4.69, 9.17) is 0 Å². The molecule has 0 fully saturated rings. The van der Waals surface area contributed by atoms with Gasteiger partial charge in [-0.2, -0.15) is 4.52 Å². The Morgan fingerprint density at radius 1 is 1.19 bits per heavy atom. The first-order valence-electron chi connectivity index (χ1n) is 8.03. The summed E-state index contributed by atoms with van der Waals surface area (Å²) in [5.41, 5.74) is 1.90. The van der Waals surface area contributed by atoms with Crippen molar-refractivity contribution in [3.8, 4) is 0 Å². The van der Waals surface area contributed by atoms with Crippen LogP contribution < -0.4 is 10.9 Å². The Morgan fingerprint density at radius 3 is 2.85 bits per heavy atom. The van der Waals surface area contributed by atoms with E-state index >= 15 is 0 Å². The molecule has 0 bridgehead atoms. The minimum Gasteiger partial charge on any atom is -0.322 e. The number of nitrogens with one attached hydrogen (secondary N) is 1. The van der Waals surface area contributed by atoms with Crippen molar-refractivity contribution in [3.05, 3.63) is 58.8 Å². The van der Waals surface area contributed by atoms with Gasteiger partial charge >= 0.3 is 0 Å². The average Bonchev–Trinajstić information content (AvgIpc) is 3.09. The molecule has 9 heteroatoms. The molecular weight excluding hydrogens is 334 g/mol. The molecule has 0 saturated carbocycles. The number of rotatable bonds is 3. The Bertz CT molecular complexity index is 1190. The lowest BCUT2D eigenvalue weighted by molar-refractivity contribution is 0.102. The van der Waals surface area contributed by atoms with E-state index in [1.165, 1.54) is 10.8 Å². The standard InChI is InChI=1S/C17H15N7O2/c1-10(2)23-9-18-14-5-4-12(7-13(14)17(23)26)19-16(25)11-3-6-15-20-21-22-24(15)8-11/h3-10H,1-2H3,(H,19,25). The zero-order valence-electron chi connectivity index (χ0n) is 14.1. The number of benzene rings is 1. The highest BCUT2D eigenvalue weighted by molar-refractivity contribution is 6.05. The van der Waals surface area contributed by atoms with Crippen molar-refractivity contribution in [2.24, 2.45) is 0 Å². The molecule has 1 amide bonds. The molecule has 9 nitrogen and oxygen atoms in total. The topological polar surface area (TPSA) is 107 Å². The lowest BCUT2D eigenvalue weighted by Gasteiger charge is -2.11. The fourth-order valence-corrected chi connectivity index (χ4v) is 2.66. The van der Waals surface area contributed by atoms with Crippen LogP contribution in [-0.2, 0) is 0 Å². The van der Waals surface area contributed by atoms with E-state index in [1.807, 2.05) is 13.8 Å². The van der Waals surface area contributed by atoms with Crippen molar-refractivity contribution < 1.29 is 4.79 Å². The van der Waals surface area contributed by atoms with Crippen LogP contribution in [0.2, 0.25) is 0 Å². The summed E-state index contributed by atoms with van der Waals surface area (Å²) in [4.78, 5) is 29.4. The fraction of sp³-hybridized carbons (Fsp3) is 0.176. The monoisotopic (exact) mass is 349 g/mol. The number of hydrogen-bond donors (Lipinski definition) is 1. The molecule has 3 heterocycles. The fourth-order valence-electron chi connectivity index (χ4n) is 2.66. The Balaban J connectivity index is 1.68. The van der Waals surface area contributed by atoms with E-state index in [9.17, 15) is 9.59 Å². The van der Waals surface area contributed by atoms with Gasteiger partial charge in [-0.3, -0.25) is 14.2 Å². The largest absolute Gasteiger partial charge is 0.322 e. The van der Waals surface area contributed by atoms with E-state index in [1.54, 1.807) is 41.1 Å². The van der Waals surface area contributed by atoms with Crippen LogP contribution in [0.1, 0.15) is 30.2 Å². The Hall–Kier alpha value is -3.62. The molecule has 0 atom stereocenters. The molecule has 0 saturated heterocycles. The predicted octanol–water partition coefficient (Wildman–Crippen LogP) is 1.67. The van der Waals surface area contributed by atoms with Crippen molar-refractivity contribution >= 4 is 28.1 Å². The maximum absolute atomic E-state index is 12.6. The van der Waals surface area contributed by atoms with E-state index in [0.717, 1.165) is 0 Å². The minimum atomic E-state index is -0.324. The van der Waals surface area contributed by atoms with Gasteiger partial charge in [-0.05, 0) is 54.6 Å². The SMILES string of the molecule is CC(C)n1cnc2ccc(NC(=O)c3ccc4nnnn4c3)cc2c1=O. The zero-order chi connectivity index (χ0) is 18.3. The zero-order valence-corrected chi connectivity index (χ0v) is 14.1. The number of amides is 1. The van der Waals surface area contributed by atoms with Crippen LogP contribution in [0.25, 0.3) is 16.6 Å². The number of nitrogens with zero attached hydrogens (tertiary/aromatic N) is 6. The molecule has 0 unspecified atom stereocenters. The molecule has 0 radical (unpaired) electrons. The first-order valence-corrected chi connectivity index (χ1v) is 8.03. The highest BCUT2D eigenvalue weighted by Crippen LogP contribution is 2.16. The highest BCUT2D eigenvalue weighted by atomic mass is 16.1. The van der Waals surface area contributed by atoms with Crippen LogP contribution in [0.3, 0.4) is 0 Å². The Labute approximate surface area is 147 Å². The maximum atomic E-state index is 12.6. The quantitative estimate of drug-likeness (QED) is 0.603. The Kier molecular flexibility index (Phi) is 3.68. The Morgan fingerprint density at radius 2 is 2.04 bits per heavy atom. The van der Waals surface area contributed by atoms with Gasteiger partial charge in [0.15, 0.2) is 5.65 Å². The molecule has 0 aliphatic rings. The molecule has 26 heavy (non-hydrogen) atoms. The number of tetrazole rings is 1. The van der Waals surface area contributed by atoms with Gasteiger partial charge < -0.3 is 5.32 Å². The third-order valence-corrected chi connectivity index (χ3v) is 4.05. The number of carbonyl (C=O) groups excluding carboxylic acids is 1. The van der Waals surface area contributed by atoms with Gasteiger partial charge in [-0.1, -0.05) is 0 Å². The maximum Gasteiger partial charge on any atom is 0.261 e. The van der Waals surface area contributed by atoms with Crippen LogP contribution in [0.4, 0.5) is 5.69 Å². The number of aromatic nitrogens is 6. The van der Waals surface area contributed by atoms with Crippen LogP contribution in [0.5, 0.6) is 0 Å². The van der Waals surface area contributed by atoms with Crippen molar-refractivity contribution in [1.82, 2.24) is 29.6 Å². The summed E-state index contributed by atoms with van der Waals surface area (Å²) in [5.74, 6) is -0.324. The van der Waals surface area contributed by atoms with Gasteiger partial charge in [-0.15, -0.1) is 5.10 Å². The molecular formula is C17H15N7O2. The van der Waals surface area contributed by atoms with Crippen molar-refractivity contribution in [3.63, 3.8) is 0 Å². The minimum absolute atomic E-state index is 0.000615. The third-order valence-electron chi connectivity index (χ3n) is 4.05. The molecule has 1 N–H and O–H groups in total. The second-order valence-electron chi connectivity index (χ2n) is 6.14. The van der Waals surface area contributed by atoms with Gasteiger partial charge in [-0.25, -0.2) is 4.98 Å². The lowest BCUT2D eigenvalue weighted by Crippen LogP contribution is -2.22. The van der Waals surface area contributed by atoms with Gasteiger partial charge in [0.25, 0.3) is 11.5 Å². The first-order chi connectivity index (χ1) is 12.5. The number of carbonyl (C=O) groups is 1. The van der Waals surface area contributed by atoms with E-state index in [0.29, 0.717) is 27.8 Å². The van der Waals surface area contributed by atoms with Crippen LogP contribution in [-0.4, -0.2) is 35.5 Å². The summed E-state index contributed by atoms with van der Waals surface area (Å²) in [7, 11) is 0. The molecule has 0 aliphatic carbocycles. The van der Waals surface area contributed by atoms with Crippen molar-refractivity contribution in [2.45, 2.75) is 19.9 Å². The molecule has 4 aromatic rings. The van der Waals surface area contributed by atoms with Crippen LogP contribution in [0.15, 0.2) is 47.7 Å². The van der Waals surface area contributed by atoms with E-state index in [-0.39, 0.29) is 17.5 Å². The molecule has 0 aliphatic heterocycles. The molecule has 4 rings (SSSR count). The van der Waals surface area contributed by atoms with E-state index < -0.39 is 0 Å². The lowest BCUT2D eigenvalue weighted by atomic mass is 10.2. The molecule has 1 aromatic carbocycles. The second-order valence-corrected chi connectivity index (χ2v) is 6.14. The average molecular weight is 349 g/mol. The van der Waals surface area contributed by atoms with Crippen molar-refractivity contribution in [1.29, 1.82) is 0 Å².